The van der Waals surface area contributed by atoms with Crippen LogP contribution in [0.1, 0.15) is 0 Å². The van der Waals surface area contributed by atoms with Crippen LogP contribution in [0.2, 0.25) is 0 Å². The van der Waals surface area contributed by atoms with Gasteiger partial charge in [0.15, 0.2) is 0 Å². The Morgan fingerprint density at radius 3 is 1.71 bits per heavy atom. The Balaban J connectivity index is -0.0000000150. The Hall–Kier alpha value is 0.591. The van der Waals surface area contributed by atoms with Crippen molar-refractivity contribution in [3.63, 3.8) is 0 Å². The standard InChI is InChI=1S/C3H6O.H3N.H4Si.Ti/c1-2-3-4;;;/h2,4H,1,3H2;1H3;1H4;. The molecule has 0 aliphatic rings. The number of hydrogen-bond donors (Lipinski definition) is 2. The molecule has 7 heavy (non-hydrogen) atoms. The fourth-order valence-corrected chi connectivity index (χ4v) is 0. The first-order valence-corrected chi connectivity index (χ1v) is 1.13. The molecule has 0 atom stereocenters. The molecular formula is C3H13NOSiTi. The molecule has 0 aliphatic carbocycles. The van der Waals surface area contributed by atoms with Crippen LogP contribution in [0.3, 0.4) is 0 Å². The van der Waals surface area contributed by atoms with E-state index in [4.69, 9.17) is 5.11 Å². The second-order valence-corrected chi connectivity index (χ2v) is 0.471. The van der Waals surface area contributed by atoms with Crippen molar-refractivity contribution in [2.24, 2.45) is 0 Å². The molecule has 0 aromatic heterocycles. The molecule has 0 fully saturated rings. The maximum atomic E-state index is 7.76. The Bertz CT molecular complexity index is 28.9. The molecule has 0 aromatic rings. The van der Waals surface area contributed by atoms with Gasteiger partial charge in [-0.3, -0.25) is 0 Å². The third-order valence-corrected chi connectivity index (χ3v) is 0.129. The van der Waals surface area contributed by atoms with Gasteiger partial charge in [0.1, 0.15) is 0 Å². The van der Waals surface area contributed by atoms with E-state index in [0.717, 1.165) is 0 Å². The second-order valence-electron chi connectivity index (χ2n) is 0.471. The summed E-state index contributed by atoms with van der Waals surface area (Å²) in [4.78, 5) is 0. The van der Waals surface area contributed by atoms with Crippen molar-refractivity contribution in [3.8, 4) is 0 Å². The Labute approximate surface area is 63.5 Å². The number of hydrogen-bond acceptors (Lipinski definition) is 2. The zero-order valence-electron chi connectivity index (χ0n) is 3.65. The quantitative estimate of drug-likeness (QED) is 0.372. The predicted octanol–water partition coefficient (Wildman–Crippen LogP) is -1.13. The molecule has 44 valence electrons. The van der Waals surface area contributed by atoms with Gasteiger partial charge in [-0.25, -0.2) is 0 Å². The third kappa shape index (κ3) is 54.9. The van der Waals surface area contributed by atoms with E-state index < -0.39 is 0 Å². The fraction of sp³-hybridized carbons (Fsp3) is 0.333. The van der Waals surface area contributed by atoms with Crippen molar-refractivity contribution in [1.29, 1.82) is 0 Å². The largest absolute Gasteiger partial charge is 0.392 e. The SMILES string of the molecule is C=CCO.N.[SiH4].[Ti]. The summed E-state index contributed by atoms with van der Waals surface area (Å²) in [5.74, 6) is 0. The molecule has 0 bridgehead atoms. The summed E-state index contributed by atoms with van der Waals surface area (Å²) in [5, 5.41) is 7.76. The van der Waals surface area contributed by atoms with Crippen LogP contribution in [-0.4, -0.2) is 22.7 Å². The Morgan fingerprint density at radius 1 is 1.57 bits per heavy atom. The Morgan fingerprint density at radius 2 is 1.71 bits per heavy atom. The van der Waals surface area contributed by atoms with Crippen LogP contribution < -0.4 is 6.15 Å². The van der Waals surface area contributed by atoms with E-state index in [2.05, 4.69) is 6.58 Å². The van der Waals surface area contributed by atoms with E-state index >= 15 is 0 Å². The summed E-state index contributed by atoms with van der Waals surface area (Å²) in [7, 11) is 0. The molecule has 0 spiro atoms. The monoisotopic (exact) mass is 155 g/mol. The average molecular weight is 155 g/mol. The van der Waals surface area contributed by atoms with Gasteiger partial charge < -0.3 is 11.3 Å². The van der Waals surface area contributed by atoms with Crippen LogP contribution in [0, 0.1) is 0 Å². The van der Waals surface area contributed by atoms with Gasteiger partial charge in [-0.1, -0.05) is 6.08 Å². The van der Waals surface area contributed by atoms with E-state index in [0.29, 0.717) is 0 Å². The van der Waals surface area contributed by atoms with Gasteiger partial charge in [0.05, 0.1) is 6.61 Å². The molecule has 0 saturated carbocycles. The first-order chi connectivity index (χ1) is 1.91. The Kier molecular flexibility index (Phi) is 112. The van der Waals surface area contributed by atoms with Crippen molar-refractivity contribution in [1.82, 2.24) is 6.15 Å². The summed E-state index contributed by atoms with van der Waals surface area (Å²) in [6.45, 7) is 3.31. The van der Waals surface area contributed by atoms with E-state index in [-0.39, 0.29) is 45.4 Å². The van der Waals surface area contributed by atoms with Crippen LogP contribution >= 0.6 is 0 Å². The predicted molar refractivity (Wildman–Crippen MR) is 33.6 cm³/mol. The first-order valence-electron chi connectivity index (χ1n) is 1.13. The molecule has 0 saturated heterocycles. The maximum absolute atomic E-state index is 7.76. The van der Waals surface area contributed by atoms with Crippen molar-refractivity contribution in [3.05, 3.63) is 12.7 Å². The number of rotatable bonds is 1. The van der Waals surface area contributed by atoms with Crippen LogP contribution in [-0.2, 0) is 21.7 Å². The molecule has 2 nitrogen and oxygen atoms in total. The zero-order valence-corrected chi connectivity index (χ0v) is 5.21. The molecule has 4 N–H and O–H groups in total. The summed E-state index contributed by atoms with van der Waals surface area (Å²) in [6.07, 6.45) is 1.43. The van der Waals surface area contributed by atoms with Crippen molar-refractivity contribution in [2.45, 2.75) is 0 Å². The first kappa shape index (κ1) is 25.6. The summed E-state index contributed by atoms with van der Waals surface area (Å²) < 4.78 is 0. The molecule has 0 aromatic carbocycles. The van der Waals surface area contributed by atoms with Crippen molar-refractivity contribution in [2.75, 3.05) is 6.61 Å². The van der Waals surface area contributed by atoms with Crippen LogP contribution in [0.15, 0.2) is 12.7 Å². The average Bonchev–Trinajstić information content (AvgIpc) is 1.37. The van der Waals surface area contributed by atoms with Crippen molar-refractivity contribution < 1.29 is 26.8 Å². The minimum Gasteiger partial charge on any atom is -0.392 e. The van der Waals surface area contributed by atoms with Gasteiger partial charge in [-0.05, 0) is 11.0 Å². The van der Waals surface area contributed by atoms with Gasteiger partial charge in [-0.2, -0.15) is 0 Å². The normalized spacial score (nSPS) is 3.57. The van der Waals surface area contributed by atoms with Crippen LogP contribution in [0.4, 0.5) is 0 Å². The number of aliphatic hydroxyl groups excluding tert-OH is 1. The van der Waals surface area contributed by atoms with Gasteiger partial charge in [0.2, 0.25) is 0 Å². The van der Waals surface area contributed by atoms with Gasteiger partial charge in [0, 0.05) is 21.7 Å². The molecule has 0 amide bonds. The molecule has 0 radical (unpaired) electrons. The smallest absolute Gasteiger partial charge is 0.0609 e. The molecular weight excluding hydrogens is 142 g/mol. The van der Waals surface area contributed by atoms with E-state index in [1.54, 1.807) is 0 Å². The summed E-state index contributed by atoms with van der Waals surface area (Å²) >= 11 is 0. The van der Waals surface area contributed by atoms with Crippen molar-refractivity contribution >= 4 is 11.0 Å². The molecule has 0 heterocycles. The molecule has 0 aliphatic heterocycles. The summed E-state index contributed by atoms with van der Waals surface area (Å²) in [5.41, 5.74) is 0. The van der Waals surface area contributed by atoms with E-state index in [1.807, 2.05) is 0 Å². The molecule has 4 heteroatoms. The minimum absolute atomic E-state index is 0. The minimum atomic E-state index is 0. The zero-order chi connectivity index (χ0) is 3.41. The van der Waals surface area contributed by atoms with Crippen LogP contribution in [0.25, 0.3) is 0 Å². The topological polar surface area (TPSA) is 55.2 Å². The van der Waals surface area contributed by atoms with Gasteiger partial charge in [0.25, 0.3) is 0 Å². The maximum Gasteiger partial charge on any atom is 0.0609 e. The van der Waals surface area contributed by atoms with Gasteiger partial charge in [-0.15, -0.1) is 6.58 Å². The van der Waals surface area contributed by atoms with E-state index in [9.17, 15) is 0 Å². The summed E-state index contributed by atoms with van der Waals surface area (Å²) in [6, 6.07) is 0. The third-order valence-electron chi connectivity index (χ3n) is 0.129. The van der Waals surface area contributed by atoms with E-state index in [1.165, 1.54) is 6.08 Å². The van der Waals surface area contributed by atoms with Gasteiger partial charge >= 0.3 is 0 Å². The molecule has 0 rings (SSSR count). The second kappa shape index (κ2) is 30.7. The van der Waals surface area contributed by atoms with Crippen LogP contribution in [0.5, 0.6) is 0 Å². The fourth-order valence-electron chi connectivity index (χ4n) is 0. The number of aliphatic hydroxyl groups is 1. The molecule has 0 unspecified atom stereocenters.